The van der Waals surface area contributed by atoms with Crippen LogP contribution < -0.4 is 4.72 Å². The zero-order valence-corrected chi connectivity index (χ0v) is 14.3. The fourth-order valence-corrected chi connectivity index (χ4v) is 3.74. The van der Waals surface area contributed by atoms with Gasteiger partial charge in [-0.15, -0.1) is 0 Å². The maximum absolute atomic E-state index is 12.0. The van der Waals surface area contributed by atoms with Crippen LogP contribution in [0.25, 0.3) is 0 Å². The quantitative estimate of drug-likeness (QED) is 0.737. The lowest BCUT2D eigenvalue weighted by atomic mass is 9.87. The molecule has 0 aromatic heterocycles. The molecule has 6 nitrogen and oxygen atoms in total. The van der Waals surface area contributed by atoms with Crippen LogP contribution in [0, 0.1) is 5.92 Å². The third kappa shape index (κ3) is 8.20. The summed E-state index contributed by atoms with van der Waals surface area (Å²) in [6, 6.07) is 6.26. The maximum atomic E-state index is 12.0. The highest BCUT2D eigenvalue weighted by Gasteiger charge is 2.16. The molecule has 0 heterocycles. The molecule has 0 spiro atoms. The zero-order valence-electron chi connectivity index (χ0n) is 12.7. The van der Waals surface area contributed by atoms with Gasteiger partial charge in [0, 0.05) is 11.6 Å². The molecule has 130 valence electrons. The van der Waals surface area contributed by atoms with Crippen molar-refractivity contribution in [2.75, 3.05) is 6.54 Å². The van der Waals surface area contributed by atoms with E-state index in [9.17, 15) is 8.42 Å². The molecule has 0 saturated heterocycles. The molecule has 23 heavy (non-hydrogen) atoms. The predicted molar refractivity (Wildman–Crippen MR) is 88.5 cm³/mol. The summed E-state index contributed by atoms with van der Waals surface area (Å²) in [5.41, 5.74) is 0. The summed E-state index contributed by atoms with van der Waals surface area (Å²) in [7, 11) is -3.39. The molecule has 1 saturated carbocycles. The summed E-state index contributed by atoms with van der Waals surface area (Å²) in [5, 5.41) is 14.5. The van der Waals surface area contributed by atoms with Crippen molar-refractivity contribution >= 4 is 27.8 Å². The third-order valence-corrected chi connectivity index (χ3v) is 5.42. The first-order chi connectivity index (χ1) is 10.8. The molecule has 8 heteroatoms. The monoisotopic (exact) mass is 363 g/mol. The summed E-state index contributed by atoms with van der Waals surface area (Å²) in [5.74, 6) is 0.682. The molecule has 1 aromatic rings. The van der Waals surface area contributed by atoms with E-state index >= 15 is 0 Å². The Morgan fingerprint density at radius 2 is 1.65 bits per heavy atom. The van der Waals surface area contributed by atoms with Crippen molar-refractivity contribution < 1.29 is 23.4 Å². The Kier molecular flexibility index (Phi) is 8.36. The normalized spacial score (nSPS) is 15.5. The number of sulfonamides is 1. The average molecular weight is 364 g/mol. The van der Waals surface area contributed by atoms with Crippen LogP contribution in [0.4, 0.5) is 4.79 Å². The summed E-state index contributed by atoms with van der Waals surface area (Å²) in [4.78, 5) is 8.83. The van der Waals surface area contributed by atoms with Gasteiger partial charge in [0.1, 0.15) is 0 Å². The Hall–Kier alpha value is -1.31. The van der Waals surface area contributed by atoms with E-state index < -0.39 is 16.2 Å². The van der Waals surface area contributed by atoms with E-state index in [0.717, 1.165) is 6.42 Å². The lowest BCUT2D eigenvalue weighted by molar-refractivity contribution is 0.137. The molecule has 1 fully saturated rings. The molecule has 0 aliphatic heterocycles. The second kappa shape index (κ2) is 9.75. The average Bonchev–Trinajstić information content (AvgIpc) is 2.48. The predicted octanol–water partition coefficient (Wildman–Crippen LogP) is 3.81. The fraction of sp³-hybridized carbons (Fsp3) is 0.533. The molecule has 1 aliphatic carbocycles. The standard InChI is InChI=1S/C14H20ClNO2S.CH2O3/c15-13-6-8-14(9-7-13)19(17,18)16-11-10-12-4-2-1-3-5-12;2-1(3)4/h6-9,12,16H,1-5,10-11H2;(H2,2,3,4). The van der Waals surface area contributed by atoms with E-state index in [2.05, 4.69) is 4.72 Å². The van der Waals surface area contributed by atoms with Crippen LogP contribution in [0.5, 0.6) is 0 Å². The summed E-state index contributed by atoms with van der Waals surface area (Å²) >= 11 is 5.75. The highest BCUT2D eigenvalue weighted by molar-refractivity contribution is 7.89. The van der Waals surface area contributed by atoms with Crippen molar-refractivity contribution in [3.05, 3.63) is 29.3 Å². The summed E-state index contributed by atoms with van der Waals surface area (Å²) in [6.07, 6.45) is 5.48. The number of carboxylic acid groups (broad SMARTS) is 2. The Morgan fingerprint density at radius 1 is 1.13 bits per heavy atom. The molecule has 0 radical (unpaired) electrons. The van der Waals surface area contributed by atoms with Crippen LogP contribution in [-0.4, -0.2) is 31.3 Å². The Labute approximate surface area is 141 Å². The molecule has 2 rings (SSSR count). The number of hydrogen-bond donors (Lipinski definition) is 3. The van der Waals surface area contributed by atoms with Crippen molar-refractivity contribution in [3.63, 3.8) is 0 Å². The van der Waals surface area contributed by atoms with Crippen molar-refractivity contribution in [2.24, 2.45) is 5.92 Å². The number of rotatable bonds is 5. The van der Waals surface area contributed by atoms with Gasteiger partial charge in [0.25, 0.3) is 0 Å². The van der Waals surface area contributed by atoms with E-state index in [1.54, 1.807) is 12.1 Å². The van der Waals surface area contributed by atoms with Gasteiger partial charge in [-0.2, -0.15) is 0 Å². The van der Waals surface area contributed by atoms with E-state index in [1.165, 1.54) is 44.2 Å². The van der Waals surface area contributed by atoms with Crippen LogP contribution in [0.3, 0.4) is 0 Å². The van der Waals surface area contributed by atoms with Crippen LogP contribution in [0.1, 0.15) is 38.5 Å². The lowest BCUT2D eigenvalue weighted by Crippen LogP contribution is -2.26. The van der Waals surface area contributed by atoms with Crippen LogP contribution in [0.15, 0.2) is 29.2 Å². The number of nitrogens with one attached hydrogen (secondary N) is 1. The Morgan fingerprint density at radius 3 is 2.17 bits per heavy atom. The van der Waals surface area contributed by atoms with Gasteiger partial charge in [-0.05, 0) is 36.6 Å². The number of benzene rings is 1. The van der Waals surface area contributed by atoms with Crippen molar-refractivity contribution in [3.8, 4) is 0 Å². The first-order valence-electron chi connectivity index (χ1n) is 7.48. The largest absolute Gasteiger partial charge is 0.503 e. The molecule has 3 N–H and O–H groups in total. The number of carbonyl (C=O) groups is 1. The highest BCUT2D eigenvalue weighted by atomic mass is 35.5. The topological polar surface area (TPSA) is 104 Å². The van der Waals surface area contributed by atoms with Gasteiger partial charge < -0.3 is 10.2 Å². The second-order valence-electron chi connectivity index (χ2n) is 5.43. The maximum Gasteiger partial charge on any atom is 0.503 e. The molecular weight excluding hydrogens is 342 g/mol. The smallest absolute Gasteiger partial charge is 0.450 e. The first-order valence-corrected chi connectivity index (χ1v) is 9.34. The highest BCUT2D eigenvalue weighted by Crippen LogP contribution is 2.26. The van der Waals surface area contributed by atoms with E-state index in [0.29, 0.717) is 17.5 Å². The van der Waals surface area contributed by atoms with Gasteiger partial charge in [0.15, 0.2) is 0 Å². The Balaban J connectivity index is 0.000000593. The van der Waals surface area contributed by atoms with E-state index in [4.69, 9.17) is 26.6 Å². The third-order valence-electron chi connectivity index (χ3n) is 3.69. The van der Waals surface area contributed by atoms with Crippen LogP contribution in [0.2, 0.25) is 5.02 Å². The van der Waals surface area contributed by atoms with Gasteiger partial charge >= 0.3 is 6.16 Å². The lowest BCUT2D eigenvalue weighted by Gasteiger charge is -2.21. The summed E-state index contributed by atoms with van der Waals surface area (Å²) < 4.78 is 26.7. The molecule has 0 amide bonds. The SMILES string of the molecule is O=C(O)O.O=S(=O)(NCCC1CCCCC1)c1ccc(Cl)cc1. The molecule has 1 aromatic carbocycles. The molecule has 0 atom stereocenters. The Bertz CT molecular complexity index is 578. The molecular formula is C15H22ClNO5S. The van der Waals surface area contributed by atoms with Crippen molar-refractivity contribution in [1.29, 1.82) is 0 Å². The molecule has 0 bridgehead atoms. The van der Waals surface area contributed by atoms with Gasteiger partial charge in [-0.1, -0.05) is 43.7 Å². The number of halogens is 1. The van der Waals surface area contributed by atoms with Gasteiger partial charge in [-0.3, -0.25) is 0 Å². The minimum Gasteiger partial charge on any atom is -0.450 e. The van der Waals surface area contributed by atoms with Gasteiger partial charge in [0.05, 0.1) is 4.90 Å². The van der Waals surface area contributed by atoms with E-state index in [-0.39, 0.29) is 4.90 Å². The van der Waals surface area contributed by atoms with Crippen molar-refractivity contribution in [2.45, 2.75) is 43.4 Å². The second-order valence-corrected chi connectivity index (χ2v) is 7.63. The number of hydrogen-bond acceptors (Lipinski definition) is 3. The van der Waals surface area contributed by atoms with Gasteiger partial charge in [0.2, 0.25) is 10.0 Å². The van der Waals surface area contributed by atoms with Crippen LogP contribution in [-0.2, 0) is 10.0 Å². The minimum absolute atomic E-state index is 0.278. The zero-order chi connectivity index (χ0) is 17.3. The van der Waals surface area contributed by atoms with Gasteiger partial charge in [-0.25, -0.2) is 17.9 Å². The van der Waals surface area contributed by atoms with Crippen LogP contribution >= 0.6 is 11.6 Å². The first kappa shape index (κ1) is 19.7. The van der Waals surface area contributed by atoms with E-state index in [1.807, 2.05) is 0 Å². The van der Waals surface area contributed by atoms with Crippen molar-refractivity contribution in [1.82, 2.24) is 4.72 Å². The summed E-state index contributed by atoms with van der Waals surface area (Å²) in [6.45, 7) is 0.523. The fourth-order valence-electron chi connectivity index (χ4n) is 2.57. The minimum atomic E-state index is -3.39. The molecule has 0 unspecified atom stereocenters. The molecule has 1 aliphatic rings.